The van der Waals surface area contributed by atoms with E-state index < -0.39 is 5.41 Å². The highest BCUT2D eigenvalue weighted by Gasteiger charge is 2.39. The monoisotopic (exact) mass is 308 g/mol. The van der Waals surface area contributed by atoms with Crippen molar-refractivity contribution < 1.29 is 30.6 Å². The molecule has 128 valence electrons. The number of hydrogen-bond donors (Lipinski definition) is 6. The summed E-state index contributed by atoms with van der Waals surface area (Å²) in [7, 11) is 0. The van der Waals surface area contributed by atoms with Crippen molar-refractivity contribution >= 4 is 0 Å². The van der Waals surface area contributed by atoms with Gasteiger partial charge in [-0.2, -0.15) is 0 Å². The van der Waals surface area contributed by atoms with Crippen molar-refractivity contribution in [1.29, 1.82) is 0 Å². The lowest BCUT2D eigenvalue weighted by molar-refractivity contribution is -0.0414. The summed E-state index contributed by atoms with van der Waals surface area (Å²) in [6.45, 7) is -0.823. The summed E-state index contributed by atoms with van der Waals surface area (Å²) in [5, 5.41) is 56.0. The first kappa shape index (κ1) is 20.8. The van der Waals surface area contributed by atoms with E-state index >= 15 is 0 Å². The summed E-state index contributed by atoms with van der Waals surface area (Å²) in [4.78, 5) is 0. The fraction of sp³-hybridized carbons (Fsp3) is 1.00. The summed E-state index contributed by atoms with van der Waals surface area (Å²) in [5.41, 5.74) is -1.29. The zero-order valence-corrected chi connectivity index (χ0v) is 12.9. The second-order valence-corrected chi connectivity index (χ2v) is 6.13. The number of rotatable bonds is 14. The lowest BCUT2D eigenvalue weighted by Crippen LogP contribution is -2.41. The van der Waals surface area contributed by atoms with Crippen LogP contribution in [-0.4, -0.2) is 70.3 Å². The van der Waals surface area contributed by atoms with Gasteiger partial charge in [-0.1, -0.05) is 0 Å². The molecule has 6 heteroatoms. The molecule has 0 amide bonds. The van der Waals surface area contributed by atoms with E-state index in [1.54, 1.807) is 0 Å². The number of hydrogen-bond acceptors (Lipinski definition) is 6. The van der Waals surface area contributed by atoms with Gasteiger partial charge >= 0.3 is 0 Å². The molecule has 0 saturated carbocycles. The van der Waals surface area contributed by atoms with Gasteiger partial charge in [-0.15, -0.1) is 0 Å². The molecule has 0 heterocycles. The van der Waals surface area contributed by atoms with Gasteiger partial charge in [0.1, 0.15) is 0 Å². The first-order valence-electron chi connectivity index (χ1n) is 7.73. The summed E-state index contributed by atoms with van der Waals surface area (Å²) < 4.78 is 0. The molecule has 0 aliphatic rings. The van der Waals surface area contributed by atoms with Gasteiger partial charge in [0.2, 0.25) is 0 Å². The van der Waals surface area contributed by atoms with Crippen LogP contribution in [0.1, 0.15) is 44.9 Å². The summed E-state index contributed by atoms with van der Waals surface area (Å²) in [5.74, 6) is 0. The van der Waals surface area contributed by atoms with E-state index in [1.807, 2.05) is 0 Å². The van der Waals surface area contributed by atoms with Crippen LogP contribution in [0.25, 0.3) is 0 Å². The first-order chi connectivity index (χ1) is 10.1. The van der Waals surface area contributed by atoms with Crippen LogP contribution in [0.2, 0.25) is 0 Å². The van der Waals surface area contributed by atoms with E-state index in [2.05, 4.69) is 0 Å². The average Bonchev–Trinajstić information content (AvgIpc) is 2.54. The quantitative estimate of drug-likeness (QED) is 0.261. The van der Waals surface area contributed by atoms with Crippen molar-refractivity contribution in [3.05, 3.63) is 0 Å². The van der Waals surface area contributed by atoms with Gasteiger partial charge in [0, 0.05) is 25.2 Å². The lowest BCUT2D eigenvalue weighted by Gasteiger charge is -2.42. The molecule has 6 N–H and O–H groups in total. The number of aliphatic hydroxyl groups is 6. The minimum absolute atomic E-state index is 0.0460. The van der Waals surface area contributed by atoms with E-state index in [0.717, 1.165) is 0 Å². The van der Waals surface area contributed by atoms with Gasteiger partial charge in [-0.25, -0.2) is 0 Å². The van der Waals surface area contributed by atoms with E-state index in [1.165, 1.54) is 0 Å². The standard InChI is InChI=1S/C15H32O6/c16-7-1-4-14(5-2-8-17,6-3-9-18)10-15(11-19,12-20)13-21/h16-21H,1-13H2. The molecule has 0 aromatic heterocycles. The van der Waals surface area contributed by atoms with Crippen LogP contribution < -0.4 is 0 Å². The molecule has 0 aliphatic carbocycles. The molecule has 0 rings (SSSR count). The third-order valence-corrected chi connectivity index (χ3v) is 4.35. The molecule has 0 unspecified atom stereocenters. The fourth-order valence-electron chi connectivity index (χ4n) is 3.12. The summed E-state index contributed by atoms with van der Waals surface area (Å²) in [6, 6.07) is 0. The van der Waals surface area contributed by atoms with Crippen molar-refractivity contribution in [3.63, 3.8) is 0 Å². The largest absolute Gasteiger partial charge is 0.396 e. The van der Waals surface area contributed by atoms with Crippen molar-refractivity contribution in [2.24, 2.45) is 10.8 Å². The van der Waals surface area contributed by atoms with Crippen LogP contribution in [0.3, 0.4) is 0 Å². The van der Waals surface area contributed by atoms with E-state index in [4.69, 9.17) is 15.3 Å². The Hall–Kier alpha value is -0.240. The van der Waals surface area contributed by atoms with Crippen LogP contribution in [-0.2, 0) is 0 Å². The van der Waals surface area contributed by atoms with Gasteiger partial charge in [0.15, 0.2) is 0 Å². The molecule has 0 aromatic rings. The molecule has 21 heavy (non-hydrogen) atoms. The van der Waals surface area contributed by atoms with Crippen LogP contribution >= 0.6 is 0 Å². The van der Waals surface area contributed by atoms with Gasteiger partial charge in [0.25, 0.3) is 0 Å². The normalized spacial score (nSPS) is 12.9. The average molecular weight is 308 g/mol. The van der Waals surface area contributed by atoms with Crippen molar-refractivity contribution in [2.45, 2.75) is 44.9 Å². The van der Waals surface area contributed by atoms with Crippen molar-refractivity contribution in [3.8, 4) is 0 Å². The Morgan fingerprint density at radius 2 is 0.810 bits per heavy atom. The second-order valence-electron chi connectivity index (χ2n) is 6.13. The molecule has 0 aromatic carbocycles. The minimum atomic E-state index is -0.972. The molecular formula is C15H32O6. The topological polar surface area (TPSA) is 121 Å². The maximum atomic E-state index is 9.55. The second kappa shape index (κ2) is 11.3. The van der Waals surface area contributed by atoms with E-state index in [-0.39, 0.29) is 45.1 Å². The van der Waals surface area contributed by atoms with Crippen LogP contribution in [0, 0.1) is 10.8 Å². The zero-order valence-electron chi connectivity index (χ0n) is 12.9. The van der Waals surface area contributed by atoms with Gasteiger partial charge in [0.05, 0.1) is 19.8 Å². The van der Waals surface area contributed by atoms with Gasteiger partial charge in [-0.3, -0.25) is 0 Å². The fourth-order valence-corrected chi connectivity index (χ4v) is 3.12. The van der Waals surface area contributed by atoms with Crippen LogP contribution in [0.15, 0.2) is 0 Å². The van der Waals surface area contributed by atoms with Crippen molar-refractivity contribution in [1.82, 2.24) is 0 Å². The molecule has 0 radical (unpaired) electrons. The Bertz CT molecular complexity index is 212. The molecule has 0 bridgehead atoms. The Balaban J connectivity index is 5.17. The molecule has 6 nitrogen and oxygen atoms in total. The maximum absolute atomic E-state index is 9.55. The highest BCUT2D eigenvalue weighted by Crippen LogP contribution is 2.44. The molecule has 0 spiro atoms. The molecular weight excluding hydrogens is 276 g/mol. The third-order valence-electron chi connectivity index (χ3n) is 4.35. The summed E-state index contributed by atoms with van der Waals surface area (Å²) in [6.07, 6.45) is 4.16. The van der Waals surface area contributed by atoms with Crippen molar-refractivity contribution in [2.75, 3.05) is 39.6 Å². The SMILES string of the molecule is OCCCC(CCCO)(CCCO)CC(CO)(CO)CO. The van der Waals surface area contributed by atoms with E-state index in [9.17, 15) is 15.3 Å². The third kappa shape index (κ3) is 7.04. The number of aliphatic hydroxyl groups excluding tert-OH is 6. The highest BCUT2D eigenvalue weighted by atomic mass is 16.3. The zero-order chi connectivity index (χ0) is 16.2. The van der Waals surface area contributed by atoms with Gasteiger partial charge in [-0.05, 0) is 50.4 Å². The highest BCUT2D eigenvalue weighted by molar-refractivity contribution is 4.89. The lowest BCUT2D eigenvalue weighted by atomic mass is 9.65. The first-order valence-corrected chi connectivity index (χ1v) is 7.73. The Labute approximate surface area is 127 Å². The molecule has 0 aliphatic heterocycles. The molecule has 0 saturated heterocycles. The Morgan fingerprint density at radius 3 is 1.05 bits per heavy atom. The Kier molecular flexibility index (Phi) is 11.2. The van der Waals surface area contributed by atoms with Gasteiger partial charge < -0.3 is 30.6 Å². The van der Waals surface area contributed by atoms with E-state index in [0.29, 0.717) is 44.9 Å². The smallest absolute Gasteiger partial charge is 0.0531 e. The predicted molar refractivity (Wildman–Crippen MR) is 79.7 cm³/mol. The molecule has 0 fully saturated rings. The Morgan fingerprint density at radius 1 is 0.476 bits per heavy atom. The van der Waals surface area contributed by atoms with Crippen LogP contribution in [0.4, 0.5) is 0 Å². The maximum Gasteiger partial charge on any atom is 0.0531 e. The molecule has 0 atom stereocenters. The minimum Gasteiger partial charge on any atom is -0.396 e. The van der Waals surface area contributed by atoms with Crippen LogP contribution in [0.5, 0.6) is 0 Å². The summed E-state index contributed by atoms with van der Waals surface area (Å²) >= 11 is 0. The predicted octanol–water partition coefficient (Wildman–Crippen LogP) is -0.356.